The second-order valence-corrected chi connectivity index (χ2v) is 7.96. The summed E-state index contributed by atoms with van der Waals surface area (Å²) in [6.45, 7) is 9.49. The van der Waals surface area contributed by atoms with Crippen molar-refractivity contribution in [2.45, 2.75) is 64.8 Å². The van der Waals surface area contributed by atoms with Crippen molar-refractivity contribution >= 4 is 11.7 Å². The number of nitrogens with one attached hydrogen (secondary N) is 2. The molecule has 1 aliphatic heterocycles. The number of nitrogens with zero attached hydrogens (tertiary/aromatic N) is 1. The van der Waals surface area contributed by atoms with Crippen molar-refractivity contribution in [3.63, 3.8) is 0 Å². The van der Waals surface area contributed by atoms with Gasteiger partial charge >= 0.3 is 0 Å². The molecule has 3 rings (SSSR count). The molecular formula is C21H33N3O3. The Morgan fingerprint density at radius 1 is 1.19 bits per heavy atom. The number of aromatic nitrogens is 1. The quantitative estimate of drug-likeness (QED) is 0.750. The molecule has 6 nitrogen and oxygen atoms in total. The Labute approximate surface area is 162 Å². The Balaban J connectivity index is 1.76. The number of hydrogen-bond donors (Lipinski definition) is 2. The van der Waals surface area contributed by atoms with E-state index in [1.807, 2.05) is 13.8 Å². The summed E-state index contributed by atoms with van der Waals surface area (Å²) in [7, 11) is 0. The molecule has 0 atom stereocenters. The van der Waals surface area contributed by atoms with Crippen molar-refractivity contribution in [3.05, 3.63) is 22.5 Å². The largest absolute Gasteiger partial charge is 0.379 e. The van der Waals surface area contributed by atoms with Crippen molar-refractivity contribution in [2.75, 3.05) is 32.8 Å². The zero-order valence-corrected chi connectivity index (χ0v) is 17.0. The number of morpholine rings is 1. The van der Waals surface area contributed by atoms with Crippen molar-refractivity contribution < 1.29 is 14.3 Å². The molecule has 0 aromatic carbocycles. The number of carbonyl (C=O) groups is 2. The molecule has 0 bridgehead atoms. The van der Waals surface area contributed by atoms with Gasteiger partial charge in [0.15, 0.2) is 5.78 Å². The van der Waals surface area contributed by atoms with Crippen molar-refractivity contribution in [1.29, 1.82) is 0 Å². The van der Waals surface area contributed by atoms with E-state index in [4.69, 9.17) is 4.74 Å². The van der Waals surface area contributed by atoms with Gasteiger partial charge in [-0.15, -0.1) is 0 Å². The minimum Gasteiger partial charge on any atom is -0.379 e. The summed E-state index contributed by atoms with van der Waals surface area (Å²) >= 11 is 0. The lowest BCUT2D eigenvalue weighted by atomic mass is 9.79. The zero-order valence-electron chi connectivity index (χ0n) is 17.0. The average Bonchev–Trinajstić information content (AvgIpc) is 3.04. The van der Waals surface area contributed by atoms with Crippen LogP contribution in [0.2, 0.25) is 0 Å². The number of rotatable bonds is 6. The van der Waals surface area contributed by atoms with E-state index in [9.17, 15) is 9.59 Å². The second kappa shape index (κ2) is 8.57. The summed E-state index contributed by atoms with van der Waals surface area (Å²) in [5, 5.41) is 3.20. The fraction of sp³-hybridized carbons (Fsp3) is 0.714. The van der Waals surface area contributed by atoms with Crippen molar-refractivity contribution in [3.8, 4) is 0 Å². The molecule has 27 heavy (non-hydrogen) atoms. The third-order valence-corrected chi connectivity index (χ3v) is 6.27. The molecule has 1 aromatic rings. The summed E-state index contributed by atoms with van der Waals surface area (Å²) in [5.74, 6) is -0.0858. The van der Waals surface area contributed by atoms with Crippen LogP contribution in [-0.4, -0.2) is 60.0 Å². The van der Waals surface area contributed by atoms with Gasteiger partial charge in [0.05, 0.1) is 13.2 Å². The van der Waals surface area contributed by atoms with Gasteiger partial charge in [0.2, 0.25) is 0 Å². The van der Waals surface area contributed by atoms with E-state index >= 15 is 0 Å². The molecule has 0 spiro atoms. The minimum atomic E-state index is -0.0966. The van der Waals surface area contributed by atoms with Crippen molar-refractivity contribution in [1.82, 2.24) is 15.2 Å². The number of H-pyrrole nitrogens is 1. The minimum absolute atomic E-state index is 0.0108. The van der Waals surface area contributed by atoms with E-state index in [-0.39, 0.29) is 17.2 Å². The van der Waals surface area contributed by atoms with E-state index < -0.39 is 0 Å². The number of amides is 1. The molecular weight excluding hydrogens is 342 g/mol. The maximum atomic E-state index is 13.0. The molecule has 150 valence electrons. The van der Waals surface area contributed by atoms with Crippen LogP contribution in [0, 0.1) is 6.92 Å². The van der Waals surface area contributed by atoms with Gasteiger partial charge in [0, 0.05) is 36.4 Å². The standard InChI is InChI=1S/C21H33N3O3/c1-4-17-18(16(3)25)15(2)23-19(17)20(26)22-14-21(8-6-5-7-9-21)24-10-12-27-13-11-24/h23H,4-14H2,1-3H3,(H,22,26). The van der Waals surface area contributed by atoms with Crippen molar-refractivity contribution in [2.24, 2.45) is 0 Å². The highest BCUT2D eigenvalue weighted by atomic mass is 16.5. The van der Waals surface area contributed by atoms with Crippen LogP contribution >= 0.6 is 0 Å². The lowest BCUT2D eigenvalue weighted by Gasteiger charge is -2.48. The van der Waals surface area contributed by atoms with Crippen LogP contribution in [0.25, 0.3) is 0 Å². The number of carbonyl (C=O) groups excluding carboxylic acids is 2. The predicted molar refractivity (Wildman–Crippen MR) is 105 cm³/mol. The molecule has 6 heteroatoms. The molecule has 1 aliphatic carbocycles. The smallest absolute Gasteiger partial charge is 0.268 e. The summed E-state index contributed by atoms with van der Waals surface area (Å²) in [6, 6.07) is 0. The maximum absolute atomic E-state index is 13.0. The first-order valence-corrected chi connectivity index (χ1v) is 10.3. The van der Waals surface area contributed by atoms with Crippen LogP contribution in [-0.2, 0) is 11.2 Å². The molecule has 2 fully saturated rings. The van der Waals surface area contributed by atoms with Gasteiger partial charge in [-0.3, -0.25) is 14.5 Å². The van der Waals surface area contributed by atoms with Crippen LogP contribution in [0.3, 0.4) is 0 Å². The lowest BCUT2D eigenvalue weighted by Crippen LogP contribution is -2.59. The monoisotopic (exact) mass is 375 g/mol. The fourth-order valence-electron chi connectivity index (χ4n) is 4.89. The van der Waals surface area contributed by atoms with Crippen LogP contribution in [0.4, 0.5) is 0 Å². The first-order chi connectivity index (χ1) is 13.0. The number of aromatic amines is 1. The third kappa shape index (κ3) is 4.11. The Morgan fingerprint density at radius 2 is 1.85 bits per heavy atom. The molecule has 0 radical (unpaired) electrons. The Kier molecular flexibility index (Phi) is 6.37. The molecule has 2 N–H and O–H groups in total. The molecule has 1 amide bonds. The predicted octanol–water partition coefficient (Wildman–Crippen LogP) is 2.85. The SMILES string of the molecule is CCc1c(C(=O)NCC2(N3CCOCC3)CCCCC2)[nH]c(C)c1C(C)=O. The first kappa shape index (κ1) is 20.1. The van der Waals surface area contributed by atoms with Crippen LogP contribution in [0.1, 0.15) is 78.1 Å². The van der Waals surface area contributed by atoms with E-state index in [0.717, 1.165) is 50.4 Å². The highest BCUT2D eigenvalue weighted by molar-refractivity contribution is 6.02. The number of ether oxygens (including phenoxy) is 1. The normalized spacial score (nSPS) is 20.4. The number of aryl methyl sites for hydroxylation is 1. The number of ketones is 1. The van der Waals surface area contributed by atoms with Gasteiger partial charge in [0.25, 0.3) is 5.91 Å². The molecule has 2 heterocycles. The number of hydrogen-bond acceptors (Lipinski definition) is 4. The molecule has 1 aromatic heterocycles. The summed E-state index contributed by atoms with van der Waals surface area (Å²) < 4.78 is 5.53. The molecule has 0 unspecified atom stereocenters. The molecule has 1 saturated heterocycles. The van der Waals surface area contributed by atoms with Gasteiger partial charge in [-0.1, -0.05) is 26.2 Å². The summed E-state index contributed by atoms with van der Waals surface area (Å²) in [6.07, 6.45) is 6.61. The maximum Gasteiger partial charge on any atom is 0.268 e. The van der Waals surface area contributed by atoms with Crippen LogP contribution in [0.5, 0.6) is 0 Å². The highest BCUT2D eigenvalue weighted by Gasteiger charge is 2.39. The third-order valence-electron chi connectivity index (χ3n) is 6.27. The summed E-state index contributed by atoms with van der Waals surface area (Å²) in [5.41, 5.74) is 2.87. The second-order valence-electron chi connectivity index (χ2n) is 7.96. The molecule has 1 saturated carbocycles. The van der Waals surface area contributed by atoms with Gasteiger partial charge < -0.3 is 15.0 Å². The summed E-state index contributed by atoms with van der Waals surface area (Å²) in [4.78, 5) is 30.6. The van der Waals surface area contributed by atoms with Gasteiger partial charge in [0.1, 0.15) is 5.69 Å². The van der Waals surface area contributed by atoms with Gasteiger partial charge in [-0.05, 0) is 38.7 Å². The van der Waals surface area contributed by atoms with Gasteiger partial charge in [-0.25, -0.2) is 0 Å². The van der Waals surface area contributed by atoms with Gasteiger partial charge in [-0.2, -0.15) is 0 Å². The van der Waals surface area contributed by atoms with E-state index in [1.54, 1.807) is 6.92 Å². The van der Waals surface area contributed by atoms with E-state index in [0.29, 0.717) is 24.2 Å². The zero-order chi connectivity index (χ0) is 19.4. The highest BCUT2D eigenvalue weighted by Crippen LogP contribution is 2.34. The van der Waals surface area contributed by atoms with E-state index in [1.165, 1.54) is 19.3 Å². The fourth-order valence-corrected chi connectivity index (χ4v) is 4.89. The topological polar surface area (TPSA) is 74.4 Å². The molecule has 2 aliphatic rings. The average molecular weight is 376 g/mol. The number of Topliss-reactive ketones (excluding diaryl/α,β-unsaturated/α-hetero) is 1. The lowest BCUT2D eigenvalue weighted by molar-refractivity contribution is -0.0361. The van der Waals surface area contributed by atoms with Crippen LogP contribution in [0.15, 0.2) is 0 Å². The Hall–Kier alpha value is -1.66. The Bertz CT molecular complexity index is 683. The Morgan fingerprint density at radius 3 is 2.44 bits per heavy atom. The van der Waals surface area contributed by atoms with Crippen LogP contribution < -0.4 is 5.32 Å². The van der Waals surface area contributed by atoms with E-state index in [2.05, 4.69) is 15.2 Å². The first-order valence-electron chi connectivity index (χ1n) is 10.3.